The minimum Gasteiger partial charge on any atom is -0.497 e. The number of ether oxygens (including phenoxy) is 2. The molecule has 170 valence electrons. The van der Waals surface area contributed by atoms with Crippen LogP contribution in [0.15, 0.2) is 32.8 Å². The lowest BCUT2D eigenvalue weighted by molar-refractivity contribution is -0.113. The quantitative estimate of drug-likeness (QED) is 0.400. The largest absolute Gasteiger partial charge is 0.497 e. The molecule has 0 aliphatic carbocycles. The number of methoxy groups -OCH3 is 2. The van der Waals surface area contributed by atoms with E-state index in [0.29, 0.717) is 34.5 Å². The van der Waals surface area contributed by atoms with Crippen LogP contribution in [0.3, 0.4) is 0 Å². The first-order valence-corrected chi connectivity index (χ1v) is 10.9. The van der Waals surface area contributed by atoms with Gasteiger partial charge in [0.05, 0.1) is 25.7 Å². The van der Waals surface area contributed by atoms with Gasteiger partial charge in [0.25, 0.3) is 5.56 Å². The van der Waals surface area contributed by atoms with Gasteiger partial charge in [-0.15, -0.1) is 0 Å². The molecule has 0 aliphatic heterocycles. The van der Waals surface area contributed by atoms with E-state index in [4.69, 9.17) is 9.47 Å². The van der Waals surface area contributed by atoms with E-state index in [9.17, 15) is 14.4 Å². The van der Waals surface area contributed by atoms with Gasteiger partial charge in [0.15, 0.2) is 5.65 Å². The van der Waals surface area contributed by atoms with E-state index >= 15 is 0 Å². The number of nitrogens with one attached hydrogen (secondary N) is 1. The first kappa shape index (κ1) is 23.3. The number of nitrogens with zero attached hydrogens (tertiary/aromatic N) is 4. The molecular formula is C21H25N5O5S. The molecule has 32 heavy (non-hydrogen) atoms. The van der Waals surface area contributed by atoms with Crippen molar-refractivity contribution in [3.8, 4) is 11.5 Å². The van der Waals surface area contributed by atoms with Crippen LogP contribution in [-0.2, 0) is 25.3 Å². The van der Waals surface area contributed by atoms with E-state index in [0.717, 1.165) is 22.7 Å². The number of carbonyl (C=O) groups is 1. The highest BCUT2D eigenvalue weighted by Gasteiger charge is 2.18. The number of amides is 1. The lowest BCUT2D eigenvalue weighted by Crippen LogP contribution is -2.38. The van der Waals surface area contributed by atoms with Gasteiger partial charge in [-0.3, -0.25) is 18.7 Å². The first-order chi connectivity index (χ1) is 15.3. The van der Waals surface area contributed by atoms with E-state index in [2.05, 4.69) is 15.3 Å². The Morgan fingerprint density at radius 2 is 1.88 bits per heavy atom. The summed E-state index contributed by atoms with van der Waals surface area (Å²) in [7, 11) is 6.01. The molecule has 3 rings (SSSR count). The summed E-state index contributed by atoms with van der Waals surface area (Å²) in [5.74, 6) is 1.28. The highest BCUT2D eigenvalue weighted by Crippen LogP contribution is 2.29. The molecule has 0 radical (unpaired) electrons. The summed E-state index contributed by atoms with van der Waals surface area (Å²) < 4.78 is 12.8. The highest BCUT2D eigenvalue weighted by molar-refractivity contribution is 8.00. The number of carbonyl (C=O) groups excluding carboxylic acids is 1. The molecule has 0 saturated heterocycles. The van der Waals surface area contributed by atoms with Crippen LogP contribution in [0.25, 0.3) is 11.0 Å². The molecule has 11 heteroatoms. The number of hydrogen-bond donors (Lipinski definition) is 1. The summed E-state index contributed by atoms with van der Waals surface area (Å²) in [6.07, 6.45) is 1.38. The van der Waals surface area contributed by atoms with Gasteiger partial charge < -0.3 is 14.8 Å². The van der Waals surface area contributed by atoms with Gasteiger partial charge >= 0.3 is 5.69 Å². The van der Waals surface area contributed by atoms with Crippen molar-refractivity contribution in [1.29, 1.82) is 0 Å². The monoisotopic (exact) mass is 459 g/mol. The maximum Gasteiger partial charge on any atom is 0.332 e. The molecule has 2 aromatic heterocycles. The van der Waals surface area contributed by atoms with E-state index in [-0.39, 0.29) is 22.7 Å². The van der Waals surface area contributed by atoms with E-state index in [1.807, 2.05) is 6.92 Å². The SMILES string of the molecule is CCCc1nc(SCC(=O)Nc2ccc(OC)cc2OC)c2c(=O)n(C)c(=O)n(C)c2n1. The minimum absolute atomic E-state index is 0.00113. The summed E-state index contributed by atoms with van der Waals surface area (Å²) in [5, 5.41) is 3.38. The summed E-state index contributed by atoms with van der Waals surface area (Å²) >= 11 is 1.12. The van der Waals surface area contributed by atoms with E-state index in [1.54, 1.807) is 32.4 Å². The highest BCUT2D eigenvalue weighted by atomic mass is 32.2. The Bertz CT molecular complexity index is 1280. The number of aromatic nitrogens is 4. The molecule has 0 atom stereocenters. The Labute approximate surface area is 188 Å². The van der Waals surface area contributed by atoms with E-state index in [1.165, 1.54) is 18.7 Å². The fraction of sp³-hybridized carbons (Fsp3) is 0.381. The second kappa shape index (κ2) is 9.86. The molecule has 1 amide bonds. The Balaban J connectivity index is 1.92. The molecule has 3 aromatic rings. The smallest absolute Gasteiger partial charge is 0.332 e. The maximum atomic E-state index is 12.8. The van der Waals surface area contributed by atoms with Crippen LogP contribution in [-0.4, -0.2) is 45.0 Å². The third-order valence-corrected chi connectivity index (χ3v) is 5.78. The predicted octanol–water partition coefficient (Wildman–Crippen LogP) is 1.73. The van der Waals surface area contributed by atoms with Gasteiger partial charge in [-0.1, -0.05) is 18.7 Å². The molecule has 10 nitrogen and oxygen atoms in total. The Morgan fingerprint density at radius 3 is 2.53 bits per heavy atom. The van der Waals surface area contributed by atoms with E-state index < -0.39 is 11.2 Å². The normalized spacial score (nSPS) is 10.9. The fourth-order valence-electron chi connectivity index (χ4n) is 3.13. The standard InChI is InChI=1S/C21H25N5O5S/c1-6-7-15-23-18-17(20(28)26(3)21(29)25(18)2)19(24-15)32-11-16(27)22-13-9-8-12(30-4)10-14(13)31-5/h8-10H,6-7,11H2,1-5H3,(H,22,27). The lowest BCUT2D eigenvalue weighted by Gasteiger charge is -2.13. The zero-order valence-corrected chi connectivity index (χ0v) is 19.4. The summed E-state index contributed by atoms with van der Waals surface area (Å²) in [6.45, 7) is 1.99. The lowest BCUT2D eigenvalue weighted by atomic mass is 10.2. The molecule has 1 aromatic carbocycles. The number of fused-ring (bicyclic) bond motifs is 1. The van der Waals surface area contributed by atoms with Crippen molar-refractivity contribution in [2.75, 3.05) is 25.3 Å². The van der Waals surface area contributed by atoms with Crippen molar-refractivity contribution >= 4 is 34.4 Å². The van der Waals surface area contributed by atoms with Crippen molar-refractivity contribution in [3.05, 3.63) is 44.9 Å². The molecule has 0 aliphatic rings. The number of hydrogen-bond acceptors (Lipinski definition) is 8. The topological polar surface area (TPSA) is 117 Å². The molecule has 2 heterocycles. The molecule has 1 N–H and O–H groups in total. The number of anilines is 1. The minimum atomic E-state index is -0.495. The second-order valence-electron chi connectivity index (χ2n) is 7.00. The van der Waals surface area contributed by atoms with Crippen LogP contribution in [0.2, 0.25) is 0 Å². The van der Waals surface area contributed by atoms with Crippen LogP contribution < -0.4 is 26.0 Å². The van der Waals surface area contributed by atoms with Crippen molar-refractivity contribution in [1.82, 2.24) is 19.1 Å². The van der Waals surface area contributed by atoms with Crippen molar-refractivity contribution in [2.24, 2.45) is 14.1 Å². The summed E-state index contributed by atoms with van der Waals surface area (Å²) in [6, 6.07) is 5.07. The molecule has 0 bridgehead atoms. The number of rotatable bonds is 8. The number of aryl methyl sites for hydroxylation is 2. The molecule has 0 spiro atoms. The number of benzene rings is 1. The Morgan fingerprint density at radius 1 is 1.12 bits per heavy atom. The Hall–Kier alpha value is -3.34. The van der Waals surface area contributed by atoms with Gasteiger partial charge in [0.2, 0.25) is 5.91 Å². The van der Waals surface area contributed by atoms with Gasteiger partial charge in [0.1, 0.15) is 27.7 Å². The van der Waals surface area contributed by atoms with Crippen LogP contribution in [0, 0.1) is 0 Å². The average molecular weight is 460 g/mol. The van der Waals surface area contributed by atoms with Crippen LogP contribution >= 0.6 is 11.8 Å². The maximum absolute atomic E-state index is 12.8. The second-order valence-corrected chi connectivity index (χ2v) is 7.97. The molecule has 0 saturated carbocycles. The average Bonchev–Trinajstić information content (AvgIpc) is 2.80. The van der Waals surface area contributed by atoms with Gasteiger partial charge in [-0.2, -0.15) is 0 Å². The van der Waals surface area contributed by atoms with Crippen LogP contribution in [0.4, 0.5) is 5.69 Å². The third-order valence-electron chi connectivity index (χ3n) is 4.81. The third kappa shape index (κ3) is 4.62. The van der Waals surface area contributed by atoms with Crippen molar-refractivity contribution in [3.63, 3.8) is 0 Å². The van der Waals surface area contributed by atoms with Crippen LogP contribution in [0.1, 0.15) is 19.2 Å². The zero-order valence-electron chi connectivity index (χ0n) is 18.6. The Kier molecular flexibility index (Phi) is 7.18. The molecule has 0 fully saturated rings. The first-order valence-electron chi connectivity index (χ1n) is 9.92. The van der Waals surface area contributed by atoms with Crippen molar-refractivity contribution < 1.29 is 14.3 Å². The van der Waals surface area contributed by atoms with Gasteiger partial charge in [0, 0.05) is 26.6 Å². The summed E-state index contributed by atoms with van der Waals surface area (Å²) in [4.78, 5) is 46.7. The molecular weight excluding hydrogens is 434 g/mol. The van der Waals surface area contributed by atoms with Gasteiger partial charge in [-0.25, -0.2) is 14.8 Å². The number of thioether (sulfide) groups is 1. The predicted molar refractivity (Wildman–Crippen MR) is 123 cm³/mol. The zero-order chi connectivity index (χ0) is 23.4. The van der Waals surface area contributed by atoms with Gasteiger partial charge in [-0.05, 0) is 18.6 Å². The fourth-order valence-corrected chi connectivity index (χ4v) is 3.97. The molecule has 0 unspecified atom stereocenters. The van der Waals surface area contributed by atoms with Crippen LogP contribution in [0.5, 0.6) is 11.5 Å². The van der Waals surface area contributed by atoms with Crippen molar-refractivity contribution in [2.45, 2.75) is 24.8 Å². The summed E-state index contributed by atoms with van der Waals surface area (Å²) in [5.41, 5.74) is -0.206.